The first-order valence-electron chi connectivity index (χ1n) is 8.55. The average molecular weight is 321 g/mol. The highest BCUT2D eigenvalue weighted by molar-refractivity contribution is 6.33. The van der Waals surface area contributed by atoms with Gasteiger partial charge in [-0.1, -0.05) is 49.4 Å². The maximum absolute atomic E-state index is 13.2. The van der Waals surface area contributed by atoms with Crippen molar-refractivity contribution in [2.24, 2.45) is 0 Å². The van der Waals surface area contributed by atoms with Crippen LogP contribution >= 0.6 is 11.6 Å². The molecule has 1 N–H and O–H groups in total. The summed E-state index contributed by atoms with van der Waals surface area (Å²) in [6.45, 7) is 1.91. The van der Waals surface area contributed by atoms with Gasteiger partial charge in [0.05, 0.1) is 10.6 Å². The van der Waals surface area contributed by atoms with E-state index in [2.05, 4.69) is 10.2 Å². The molecule has 3 rings (SSSR count). The van der Waals surface area contributed by atoms with Crippen LogP contribution in [0.1, 0.15) is 55.3 Å². The first-order valence-corrected chi connectivity index (χ1v) is 8.93. The predicted octanol–water partition coefficient (Wildman–Crippen LogP) is 3.87. The minimum Gasteiger partial charge on any atom is -0.331 e. The lowest BCUT2D eigenvalue weighted by Crippen LogP contribution is -2.48. The minimum atomic E-state index is 0.117. The first kappa shape index (κ1) is 15.8. The number of halogens is 1. The second-order valence-electron chi connectivity index (χ2n) is 6.48. The zero-order chi connectivity index (χ0) is 15.4. The van der Waals surface area contributed by atoms with Gasteiger partial charge in [-0.2, -0.15) is 0 Å². The van der Waals surface area contributed by atoms with Crippen LogP contribution in [-0.2, 0) is 0 Å². The van der Waals surface area contributed by atoms with Crippen LogP contribution in [0.15, 0.2) is 24.3 Å². The molecular weight excluding hydrogens is 296 g/mol. The van der Waals surface area contributed by atoms with Crippen molar-refractivity contribution in [1.29, 1.82) is 0 Å². The van der Waals surface area contributed by atoms with E-state index >= 15 is 0 Å². The largest absolute Gasteiger partial charge is 0.331 e. The van der Waals surface area contributed by atoms with Gasteiger partial charge >= 0.3 is 0 Å². The summed E-state index contributed by atoms with van der Waals surface area (Å²) in [6.07, 6.45) is 8.38. The summed E-state index contributed by atoms with van der Waals surface area (Å²) >= 11 is 6.28. The molecule has 22 heavy (non-hydrogen) atoms. The molecule has 1 heterocycles. The molecule has 1 aliphatic heterocycles. The van der Waals surface area contributed by atoms with Gasteiger partial charge in [-0.25, -0.2) is 0 Å². The Labute approximate surface area is 138 Å². The number of benzene rings is 1. The molecule has 1 atom stereocenters. The smallest absolute Gasteiger partial charge is 0.255 e. The average Bonchev–Trinajstić information content (AvgIpc) is 2.91. The van der Waals surface area contributed by atoms with Crippen molar-refractivity contribution in [1.82, 2.24) is 10.2 Å². The third-order valence-corrected chi connectivity index (χ3v) is 5.31. The van der Waals surface area contributed by atoms with E-state index in [0.29, 0.717) is 22.7 Å². The molecule has 1 aliphatic carbocycles. The van der Waals surface area contributed by atoms with Gasteiger partial charge in [-0.05, 0) is 37.9 Å². The van der Waals surface area contributed by atoms with E-state index in [9.17, 15) is 4.79 Å². The Hall–Kier alpha value is -1.06. The number of nitrogens with zero attached hydrogens (tertiary/aromatic N) is 1. The zero-order valence-corrected chi connectivity index (χ0v) is 13.8. The Morgan fingerprint density at radius 3 is 2.41 bits per heavy atom. The van der Waals surface area contributed by atoms with Gasteiger partial charge in [-0.3, -0.25) is 4.79 Å². The summed E-state index contributed by atoms with van der Waals surface area (Å²) < 4.78 is 0. The van der Waals surface area contributed by atoms with Crippen LogP contribution in [0.2, 0.25) is 5.02 Å². The van der Waals surface area contributed by atoms with Gasteiger partial charge in [0, 0.05) is 18.6 Å². The van der Waals surface area contributed by atoms with E-state index in [1.165, 1.54) is 25.7 Å². The molecule has 0 aromatic heterocycles. The Morgan fingerprint density at radius 2 is 1.77 bits per heavy atom. The standard InChI is InChI=1S/C18H25ClN2O/c19-17-10-6-5-9-16(17)18(22)21(15-11-12-20-13-15)14-7-3-1-2-4-8-14/h5-6,9-10,14-15,20H,1-4,7-8,11-13H2/t15-/m1/s1. The molecule has 2 fully saturated rings. The highest BCUT2D eigenvalue weighted by Crippen LogP contribution is 2.28. The Kier molecular flexibility index (Phi) is 5.37. The first-order chi connectivity index (χ1) is 10.8. The number of carbonyl (C=O) groups is 1. The fourth-order valence-electron chi connectivity index (χ4n) is 3.82. The molecular formula is C18H25ClN2O. The van der Waals surface area contributed by atoms with Gasteiger partial charge in [0.1, 0.15) is 0 Å². The Morgan fingerprint density at radius 1 is 1.05 bits per heavy atom. The van der Waals surface area contributed by atoms with Crippen LogP contribution in [0.25, 0.3) is 0 Å². The predicted molar refractivity (Wildman–Crippen MR) is 90.4 cm³/mol. The number of rotatable bonds is 3. The van der Waals surface area contributed by atoms with Crippen LogP contribution in [-0.4, -0.2) is 36.0 Å². The summed E-state index contributed by atoms with van der Waals surface area (Å²) in [5.41, 5.74) is 0.653. The summed E-state index contributed by atoms with van der Waals surface area (Å²) in [7, 11) is 0. The van der Waals surface area contributed by atoms with Gasteiger partial charge < -0.3 is 10.2 Å². The van der Waals surface area contributed by atoms with Crippen LogP contribution < -0.4 is 5.32 Å². The van der Waals surface area contributed by atoms with Crippen LogP contribution in [0, 0.1) is 0 Å². The van der Waals surface area contributed by atoms with Crippen LogP contribution in [0.5, 0.6) is 0 Å². The third-order valence-electron chi connectivity index (χ3n) is 4.98. The van der Waals surface area contributed by atoms with E-state index < -0.39 is 0 Å². The fraction of sp³-hybridized carbons (Fsp3) is 0.611. The maximum atomic E-state index is 13.2. The van der Waals surface area contributed by atoms with Crippen LogP contribution in [0.4, 0.5) is 0 Å². The summed E-state index contributed by atoms with van der Waals surface area (Å²) in [6, 6.07) is 8.13. The zero-order valence-electron chi connectivity index (χ0n) is 13.1. The Bertz CT molecular complexity index is 506. The molecule has 1 aromatic rings. The lowest BCUT2D eigenvalue weighted by atomic mass is 10.0. The summed E-state index contributed by atoms with van der Waals surface area (Å²) in [5.74, 6) is 0.117. The van der Waals surface area contributed by atoms with Crippen molar-refractivity contribution in [3.63, 3.8) is 0 Å². The molecule has 0 unspecified atom stereocenters. The highest BCUT2D eigenvalue weighted by atomic mass is 35.5. The van der Waals surface area contributed by atoms with Crippen LogP contribution in [0.3, 0.4) is 0 Å². The minimum absolute atomic E-state index is 0.117. The molecule has 0 radical (unpaired) electrons. The van der Waals surface area contributed by atoms with E-state index in [1.54, 1.807) is 0 Å². The van der Waals surface area contributed by atoms with Crippen molar-refractivity contribution in [3.05, 3.63) is 34.9 Å². The number of carbonyl (C=O) groups excluding carboxylic acids is 1. The molecule has 4 heteroatoms. The molecule has 3 nitrogen and oxygen atoms in total. The van der Waals surface area contributed by atoms with Crippen molar-refractivity contribution >= 4 is 17.5 Å². The van der Waals surface area contributed by atoms with Crippen molar-refractivity contribution < 1.29 is 4.79 Å². The second-order valence-corrected chi connectivity index (χ2v) is 6.89. The van der Waals surface area contributed by atoms with Crippen molar-refractivity contribution in [2.45, 2.75) is 57.0 Å². The van der Waals surface area contributed by atoms with E-state index in [1.807, 2.05) is 24.3 Å². The molecule has 1 saturated carbocycles. The van der Waals surface area contributed by atoms with Crippen molar-refractivity contribution in [3.8, 4) is 0 Å². The lowest BCUT2D eigenvalue weighted by Gasteiger charge is -2.36. The quantitative estimate of drug-likeness (QED) is 0.858. The topological polar surface area (TPSA) is 32.3 Å². The van der Waals surface area contributed by atoms with Crippen molar-refractivity contribution in [2.75, 3.05) is 13.1 Å². The molecule has 1 saturated heterocycles. The Balaban J connectivity index is 1.87. The second kappa shape index (κ2) is 7.47. The van der Waals surface area contributed by atoms with E-state index in [-0.39, 0.29) is 5.91 Å². The number of nitrogens with one attached hydrogen (secondary N) is 1. The van der Waals surface area contributed by atoms with E-state index in [0.717, 1.165) is 32.4 Å². The molecule has 120 valence electrons. The number of amides is 1. The monoisotopic (exact) mass is 320 g/mol. The lowest BCUT2D eigenvalue weighted by molar-refractivity contribution is 0.0567. The number of hydrogen-bond donors (Lipinski definition) is 1. The fourth-order valence-corrected chi connectivity index (χ4v) is 4.03. The highest BCUT2D eigenvalue weighted by Gasteiger charge is 2.33. The molecule has 1 aromatic carbocycles. The third kappa shape index (κ3) is 3.47. The maximum Gasteiger partial charge on any atom is 0.255 e. The SMILES string of the molecule is O=C(c1ccccc1Cl)N(C1CCCCCC1)[C@@H]1CCNC1. The van der Waals surface area contributed by atoms with Gasteiger partial charge in [0.2, 0.25) is 0 Å². The summed E-state index contributed by atoms with van der Waals surface area (Å²) in [5, 5.41) is 3.97. The molecule has 2 aliphatic rings. The molecule has 0 bridgehead atoms. The summed E-state index contributed by atoms with van der Waals surface area (Å²) in [4.78, 5) is 15.3. The van der Waals surface area contributed by atoms with E-state index in [4.69, 9.17) is 11.6 Å². The molecule has 1 amide bonds. The number of hydrogen-bond acceptors (Lipinski definition) is 2. The van der Waals surface area contributed by atoms with Gasteiger partial charge in [0.15, 0.2) is 0 Å². The van der Waals surface area contributed by atoms with Gasteiger partial charge in [0.25, 0.3) is 5.91 Å². The molecule has 0 spiro atoms. The van der Waals surface area contributed by atoms with Gasteiger partial charge in [-0.15, -0.1) is 0 Å². The normalized spacial score (nSPS) is 23.2.